The highest BCUT2D eigenvalue weighted by Gasteiger charge is 2.32. The maximum absolute atomic E-state index is 13.1. The molecular weight excluding hydrogens is 412 g/mol. The van der Waals surface area contributed by atoms with Gasteiger partial charge in [-0.25, -0.2) is 14.5 Å². The van der Waals surface area contributed by atoms with Crippen molar-refractivity contribution in [3.8, 4) is 23.5 Å². The van der Waals surface area contributed by atoms with Crippen molar-refractivity contribution in [3.05, 3.63) is 47.7 Å². The lowest BCUT2D eigenvalue weighted by Crippen LogP contribution is -2.38. The third-order valence-electron chi connectivity index (χ3n) is 7.07. The van der Waals surface area contributed by atoms with E-state index in [1.807, 2.05) is 25.4 Å². The summed E-state index contributed by atoms with van der Waals surface area (Å²) in [6.07, 6.45) is 17.6. The number of nitrogens with two attached hydrogens (primary N) is 1. The molecule has 0 spiro atoms. The highest BCUT2D eigenvalue weighted by atomic mass is 16.2. The highest BCUT2D eigenvalue weighted by Crippen LogP contribution is 2.41. The van der Waals surface area contributed by atoms with E-state index in [0.29, 0.717) is 23.5 Å². The zero-order chi connectivity index (χ0) is 23.1. The molecule has 7 heteroatoms. The van der Waals surface area contributed by atoms with Gasteiger partial charge in [0.1, 0.15) is 17.5 Å². The Morgan fingerprint density at radius 1 is 1.27 bits per heavy atom. The van der Waals surface area contributed by atoms with Crippen LogP contribution in [-0.4, -0.2) is 43.0 Å². The van der Waals surface area contributed by atoms with Gasteiger partial charge in [-0.2, -0.15) is 5.10 Å². The van der Waals surface area contributed by atoms with Crippen molar-refractivity contribution < 1.29 is 4.79 Å². The number of anilines is 1. The molecule has 1 aliphatic carbocycles. The van der Waals surface area contributed by atoms with Crippen LogP contribution in [0.2, 0.25) is 0 Å². The average Bonchev–Trinajstić information content (AvgIpc) is 3.43. The number of nitrogens with zero attached hydrogens (tertiary/aromatic N) is 5. The van der Waals surface area contributed by atoms with E-state index in [0.717, 1.165) is 66.4 Å². The lowest BCUT2D eigenvalue weighted by molar-refractivity contribution is -0.136. The number of hydrogen-bond donors (Lipinski definition) is 1. The predicted molar refractivity (Wildman–Crippen MR) is 129 cm³/mol. The Bertz CT molecular complexity index is 1310. The fourth-order valence-electron chi connectivity index (χ4n) is 5.26. The van der Waals surface area contributed by atoms with Crippen LogP contribution in [0.1, 0.15) is 55.8 Å². The van der Waals surface area contributed by atoms with Crippen LogP contribution < -0.4 is 5.73 Å². The first-order valence-electron chi connectivity index (χ1n) is 11.5. The fraction of sp³-hybridized carbons (Fsp3) is 0.385. The summed E-state index contributed by atoms with van der Waals surface area (Å²) in [6, 6.07) is 2.26. The van der Waals surface area contributed by atoms with E-state index in [2.05, 4.69) is 38.9 Å². The smallest absolute Gasteiger partial charge is 0.226 e. The van der Waals surface area contributed by atoms with Gasteiger partial charge < -0.3 is 10.6 Å². The Kier molecular flexibility index (Phi) is 5.37. The second-order valence-corrected chi connectivity index (χ2v) is 9.11. The van der Waals surface area contributed by atoms with Crippen molar-refractivity contribution in [1.29, 1.82) is 0 Å². The second-order valence-electron chi connectivity index (χ2n) is 9.11. The van der Waals surface area contributed by atoms with Crippen molar-refractivity contribution in [2.75, 3.05) is 12.3 Å². The summed E-state index contributed by atoms with van der Waals surface area (Å²) >= 11 is 0. The summed E-state index contributed by atoms with van der Waals surface area (Å²) in [5, 5.41) is 4.40. The topological polar surface area (TPSA) is 89.4 Å². The number of carbonyl (C=O) groups excluding carboxylic acids is 1. The van der Waals surface area contributed by atoms with E-state index >= 15 is 0 Å². The summed E-state index contributed by atoms with van der Waals surface area (Å²) in [4.78, 5) is 23.8. The first-order chi connectivity index (χ1) is 16.0. The SMILES string of the molecule is C#Cc1cc(C)c(-c2cn3ncnc(N)c3c2C2=CC[C@@H](C(=O)N3CCC[C@H]3C)CC2)cn1. The summed E-state index contributed by atoms with van der Waals surface area (Å²) in [5.74, 6) is 3.36. The van der Waals surface area contributed by atoms with Crippen molar-refractivity contribution in [2.45, 2.75) is 52.0 Å². The van der Waals surface area contributed by atoms with Gasteiger partial charge in [0.25, 0.3) is 0 Å². The summed E-state index contributed by atoms with van der Waals surface area (Å²) in [5.41, 5.74) is 12.9. The predicted octanol–water partition coefficient (Wildman–Crippen LogP) is 3.86. The van der Waals surface area contributed by atoms with Gasteiger partial charge in [0.15, 0.2) is 5.82 Å². The van der Waals surface area contributed by atoms with Gasteiger partial charge in [-0.1, -0.05) is 12.0 Å². The Morgan fingerprint density at radius 2 is 2.12 bits per heavy atom. The molecule has 0 unspecified atom stereocenters. The van der Waals surface area contributed by atoms with Crippen molar-refractivity contribution in [1.82, 2.24) is 24.5 Å². The number of fused-ring (bicyclic) bond motifs is 1. The van der Waals surface area contributed by atoms with Crippen LogP contribution in [0.25, 0.3) is 22.2 Å². The number of rotatable bonds is 3. The van der Waals surface area contributed by atoms with Crippen molar-refractivity contribution in [3.63, 3.8) is 0 Å². The number of aromatic nitrogens is 4. The van der Waals surface area contributed by atoms with E-state index in [-0.39, 0.29) is 5.92 Å². The van der Waals surface area contributed by atoms with Gasteiger partial charge in [-0.3, -0.25) is 4.79 Å². The van der Waals surface area contributed by atoms with Gasteiger partial charge in [0, 0.05) is 47.6 Å². The minimum Gasteiger partial charge on any atom is -0.382 e. The Hall–Kier alpha value is -3.66. The number of allylic oxidation sites excluding steroid dienone is 2. The fourth-order valence-corrected chi connectivity index (χ4v) is 5.26. The first-order valence-corrected chi connectivity index (χ1v) is 11.5. The maximum atomic E-state index is 13.1. The Labute approximate surface area is 193 Å². The normalized spacial score (nSPS) is 20.6. The Morgan fingerprint density at radius 3 is 2.79 bits per heavy atom. The van der Waals surface area contributed by atoms with Crippen LogP contribution in [0, 0.1) is 25.2 Å². The van der Waals surface area contributed by atoms with E-state index < -0.39 is 0 Å². The minimum absolute atomic E-state index is 0.0403. The first kappa shape index (κ1) is 21.2. The van der Waals surface area contributed by atoms with Gasteiger partial charge in [0.2, 0.25) is 5.91 Å². The van der Waals surface area contributed by atoms with Crippen molar-refractivity contribution >= 4 is 22.8 Å². The zero-order valence-corrected chi connectivity index (χ0v) is 19.1. The molecule has 1 saturated heterocycles. The molecule has 0 saturated carbocycles. The molecule has 7 nitrogen and oxygen atoms in total. The van der Waals surface area contributed by atoms with Crippen LogP contribution in [0.5, 0.6) is 0 Å². The maximum Gasteiger partial charge on any atom is 0.226 e. The molecule has 1 fully saturated rings. The summed E-state index contributed by atoms with van der Waals surface area (Å²) < 4.78 is 1.78. The zero-order valence-electron chi connectivity index (χ0n) is 19.1. The number of nitrogen functional groups attached to an aromatic ring is 1. The lowest BCUT2D eigenvalue weighted by atomic mass is 9.84. The van der Waals surface area contributed by atoms with Crippen LogP contribution in [0.3, 0.4) is 0 Å². The monoisotopic (exact) mass is 440 g/mol. The Balaban J connectivity index is 1.56. The van der Waals surface area contributed by atoms with Crippen LogP contribution in [-0.2, 0) is 4.79 Å². The minimum atomic E-state index is 0.0403. The molecular formula is C26H28N6O. The number of hydrogen-bond acceptors (Lipinski definition) is 5. The third kappa shape index (κ3) is 3.66. The van der Waals surface area contributed by atoms with Gasteiger partial charge in [-0.15, -0.1) is 6.42 Å². The average molecular weight is 441 g/mol. The number of carbonyl (C=O) groups is 1. The molecule has 1 aliphatic heterocycles. The molecule has 0 aromatic carbocycles. The van der Waals surface area contributed by atoms with Crippen LogP contribution >= 0.6 is 0 Å². The van der Waals surface area contributed by atoms with Gasteiger partial charge in [-0.05, 0) is 63.2 Å². The van der Waals surface area contributed by atoms with Crippen LogP contribution in [0.4, 0.5) is 5.82 Å². The highest BCUT2D eigenvalue weighted by molar-refractivity contribution is 5.95. The molecule has 33 heavy (non-hydrogen) atoms. The third-order valence-corrected chi connectivity index (χ3v) is 7.07. The second kappa shape index (κ2) is 8.36. The lowest BCUT2D eigenvalue weighted by Gasteiger charge is -2.29. The number of likely N-dealkylation sites (tertiary alicyclic amines) is 1. The molecule has 3 aromatic heterocycles. The largest absolute Gasteiger partial charge is 0.382 e. The molecule has 2 N–H and O–H groups in total. The molecule has 1 amide bonds. The number of terminal acetylenes is 1. The van der Waals surface area contributed by atoms with Crippen molar-refractivity contribution in [2.24, 2.45) is 5.92 Å². The number of pyridine rings is 1. The quantitative estimate of drug-likeness (QED) is 0.625. The molecule has 2 atom stereocenters. The number of amides is 1. The van der Waals surface area contributed by atoms with E-state index in [4.69, 9.17) is 12.2 Å². The summed E-state index contributed by atoms with van der Waals surface area (Å²) in [6.45, 7) is 5.06. The molecule has 4 heterocycles. The van der Waals surface area contributed by atoms with Crippen LogP contribution in [0.15, 0.2) is 30.9 Å². The molecule has 168 valence electrons. The molecule has 3 aromatic rings. The van der Waals surface area contributed by atoms with Gasteiger partial charge >= 0.3 is 0 Å². The van der Waals surface area contributed by atoms with Gasteiger partial charge in [0.05, 0.1) is 0 Å². The molecule has 0 radical (unpaired) electrons. The summed E-state index contributed by atoms with van der Waals surface area (Å²) in [7, 11) is 0. The van der Waals surface area contributed by atoms with E-state index in [9.17, 15) is 4.79 Å². The van der Waals surface area contributed by atoms with E-state index in [1.54, 1.807) is 4.52 Å². The molecule has 0 bridgehead atoms. The molecule has 2 aliphatic rings. The van der Waals surface area contributed by atoms with E-state index in [1.165, 1.54) is 11.9 Å². The molecule has 5 rings (SSSR count). The standard InChI is InChI=1S/C26H28N6O/c1-4-20-12-16(2)21(13-28-20)22-14-32-24(25(27)29-15-30-32)23(22)18-7-9-19(10-8-18)26(33)31-11-5-6-17(31)3/h1,7,12-15,17,19H,5-6,8-11H2,2-3H3,(H2,27,29,30)/t17-,19-/m1/s1. The number of aryl methyl sites for hydroxylation is 1.